The van der Waals surface area contributed by atoms with Crippen LogP contribution in [0.3, 0.4) is 0 Å². The number of ether oxygens (including phenoxy) is 2. The van der Waals surface area contributed by atoms with Crippen molar-refractivity contribution in [3.63, 3.8) is 0 Å². The fraction of sp³-hybridized carbons (Fsp3) is 0.571. The summed E-state index contributed by atoms with van der Waals surface area (Å²) in [5, 5.41) is 0. The summed E-state index contributed by atoms with van der Waals surface area (Å²) in [6, 6.07) is 6.11. The van der Waals surface area contributed by atoms with Crippen molar-refractivity contribution < 1.29 is 13.9 Å². The van der Waals surface area contributed by atoms with Crippen molar-refractivity contribution in [1.82, 2.24) is 0 Å². The molecule has 0 radical (unpaired) electrons. The quantitative estimate of drug-likeness (QED) is 0.558. The molecule has 100 valence electrons. The molecule has 18 heavy (non-hydrogen) atoms. The molecule has 0 unspecified atom stereocenters. The summed E-state index contributed by atoms with van der Waals surface area (Å²) >= 11 is 5.68. The molecule has 1 heterocycles. The summed E-state index contributed by atoms with van der Waals surface area (Å²) in [5.74, 6) is 1.51. The lowest BCUT2D eigenvalue weighted by molar-refractivity contribution is 0.244. The summed E-state index contributed by atoms with van der Waals surface area (Å²) in [6.45, 7) is 2.78. The van der Waals surface area contributed by atoms with Crippen molar-refractivity contribution in [1.29, 1.82) is 0 Å². The van der Waals surface area contributed by atoms with Crippen LogP contribution < -0.4 is 4.74 Å². The van der Waals surface area contributed by atoms with Gasteiger partial charge in [-0.15, -0.1) is 11.6 Å². The van der Waals surface area contributed by atoms with Crippen molar-refractivity contribution in [2.45, 2.75) is 32.0 Å². The fourth-order valence-corrected chi connectivity index (χ4v) is 2.14. The fourth-order valence-electron chi connectivity index (χ4n) is 1.87. The van der Waals surface area contributed by atoms with E-state index in [-0.39, 0.29) is 11.9 Å². The number of halogens is 2. The SMILES string of the molecule is C[C@H](CC[C@@H]1O[C@H]1CCl)COc1ccc(F)cc1. The number of alkyl halides is 1. The van der Waals surface area contributed by atoms with Gasteiger partial charge in [-0.2, -0.15) is 0 Å². The van der Waals surface area contributed by atoms with Gasteiger partial charge in [0.25, 0.3) is 0 Å². The second-order valence-corrected chi connectivity index (χ2v) is 5.12. The Bertz CT molecular complexity index is 369. The predicted molar refractivity (Wildman–Crippen MR) is 69.7 cm³/mol. The van der Waals surface area contributed by atoms with Gasteiger partial charge in [0.05, 0.1) is 24.7 Å². The van der Waals surface area contributed by atoms with Gasteiger partial charge in [-0.25, -0.2) is 4.39 Å². The van der Waals surface area contributed by atoms with Crippen molar-refractivity contribution in [2.24, 2.45) is 5.92 Å². The zero-order valence-corrected chi connectivity index (χ0v) is 11.2. The minimum Gasteiger partial charge on any atom is -0.493 e. The van der Waals surface area contributed by atoms with Crippen LogP contribution in [0.5, 0.6) is 5.75 Å². The van der Waals surface area contributed by atoms with E-state index in [1.165, 1.54) is 12.1 Å². The first-order valence-electron chi connectivity index (χ1n) is 6.29. The van der Waals surface area contributed by atoms with Crippen molar-refractivity contribution in [3.05, 3.63) is 30.1 Å². The molecule has 0 saturated carbocycles. The van der Waals surface area contributed by atoms with Gasteiger partial charge in [-0.05, 0) is 43.0 Å². The van der Waals surface area contributed by atoms with E-state index in [1.54, 1.807) is 12.1 Å². The van der Waals surface area contributed by atoms with E-state index >= 15 is 0 Å². The Labute approximate surface area is 112 Å². The van der Waals surface area contributed by atoms with Gasteiger partial charge in [0, 0.05) is 0 Å². The first-order chi connectivity index (χ1) is 8.69. The normalized spacial score (nSPS) is 23.7. The Kier molecular flexibility index (Phi) is 4.84. The van der Waals surface area contributed by atoms with Crippen LogP contribution in [0.25, 0.3) is 0 Å². The largest absolute Gasteiger partial charge is 0.493 e. The van der Waals surface area contributed by atoms with Crippen molar-refractivity contribution >= 4 is 11.6 Å². The maximum atomic E-state index is 12.7. The van der Waals surface area contributed by atoms with E-state index in [1.807, 2.05) is 0 Å². The van der Waals surface area contributed by atoms with Crippen LogP contribution >= 0.6 is 11.6 Å². The maximum Gasteiger partial charge on any atom is 0.123 e. The first kappa shape index (κ1) is 13.6. The second kappa shape index (κ2) is 6.39. The third kappa shape index (κ3) is 4.14. The summed E-state index contributed by atoms with van der Waals surface area (Å²) in [7, 11) is 0. The topological polar surface area (TPSA) is 21.8 Å². The minimum atomic E-state index is -0.242. The molecule has 1 aliphatic heterocycles. The average molecular weight is 273 g/mol. The molecule has 0 aliphatic carbocycles. The van der Waals surface area contributed by atoms with Crippen molar-refractivity contribution in [2.75, 3.05) is 12.5 Å². The van der Waals surface area contributed by atoms with E-state index in [0.29, 0.717) is 30.3 Å². The number of hydrogen-bond acceptors (Lipinski definition) is 2. The maximum absolute atomic E-state index is 12.7. The smallest absolute Gasteiger partial charge is 0.123 e. The highest BCUT2D eigenvalue weighted by molar-refractivity contribution is 6.18. The number of hydrogen-bond donors (Lipinski definition) is 0. The van der Waals surface area contributed by atoms with Crippen LogP contribution in [-0.4, -0.2) is 24.7 Å². The third-order valence-corrected chi connectivity index (χ3v) is 3.44. The van der Waals surface area contributed by atoms with Gasteiger partial charge in [0.2, 0.25) is 0 Å². The van der Waals surface area contributed by atoms with Crippen LogP contribution in [0.1, 0.15) is 19.8 Å². The molecule has 1 aliphatic rings. The third-order valence-electron chi connectivity index (χ3n) is 3.13. The lowest BCUT2D eigenvalue weighted by atomic mass is 10.0. The Balaban J connectivity index is 1.62. The van der Waals surface area contributed by atoms with E-state index in [4.69, 9.17) is 21.1 Å². The van der Waals surface area contributed by atoms with Crippen LogP contribution in [-0.2, 0) is 4.74 Å². The molecular formula is C14H18ClFO2. The van der Waals surface area contributed by atoms with Crippen LogP contribution in [0, 0.1) is 11.7 Å². The monoisotopic (exact) mass is 272 g/mol. The highest BCUT2D eigenvalue weighted by Gasteiger charge is 2.37. The molecule has 4 heteroatoms. The van der Waals surface area contributed by atoms with E-state index in [0.717, 1.165) is 12.8 Å². The Morgan fingerprint density at radius 1 is 1.33 bits per heavy atom. The number of benzene rings is 1. The van der Waals surface area contributed by atoms with Crippen LogP contribution in [0.2, 0.25) is 0 Å². The molecule has 1 aromatic rings. The molecule has 0 amide bonds. The van der Waals surface area contributed by atoms with Crippen molar-refractivity contribution in [3.8, 4) is 5.75 Å². The van der Waals surface area contributed by atoms with Gasteiger partial charge in [0.15, 0.2) is 0 Å². The Morgan fingerprint density at radius 2 is 2.06 bits per heavy atom. The molecule has 3 atom stereocenters. The molecule has 1 fully saturated rings. The van der Waals surface area contributed by atoms with E-state index < -0.39 is 0 Å². The van der Waals surface area contributed by atoms with E-state index in [9.17, 15) is 4.39 Å². The molecule has 1 aromatic carbocycles. The minimum absolute atomic E-state index is 0.242. The highest BCUT2D eigenvalue weighted by atomic mass is 35.5. The molecular weight excluding hydrogens is 255 g/mol. The van der Waals surface area contributed by atoms with Gasteiger partial charge in [-0.1, -0.05) is 6.92 Å². The first-order valence-corrected chi connectivity index (χ1v) is 6.82. The summed E-state index contributed by atoms with van der Waals surface area (Å²) in [5.41, 5.74) is 0. The summed E-state index contributed by atoms with van der Waals surface area (Å²) in [4.78, 5) is 0. The second-order valence-electron chi connectivity index (χ2n) is 4.81. The molecule has 0 aromatic heterocycles. The molecule has 1 saturated heterocycles. The van der Waals surface area contributed by atoms with Gasteiger partial charge in [-0.3, -0.25) is 0 Å². The number of rotatable bonds is 7. The highest BCUT2D eigenvalue weighted by Crippen LogP contribution is 2.29. The molecule has 0 spiro atoms. The molecule has 0 bridgehead atoms. The standard InChI is InChI=1S/C14H18ClFO2/c1-10(2-7-13-14(8-15)18-13)9-17-12-5-3-11(16)4-6-12/h3-6,10,13-14H,2,7-9H2,1H3/t10-,13+,14+/m1/s1. The Hall–Kier alpha value is -0.800. The molecule has 2 rings (SSSR count). The number of epoxide rings is 1. The van der Waals surface area contributed by atoms with Crippen LogP contribution in [0.15, 0.2) is 24.3 Å². The predicted octanol–water partition coefficient (Wildman–Crippen LogP) is 3.63. The lowest BCUT2D eigenvalue weighted by Gasteiger charge is -2.12. The Morgan fingerprint density at radius 3 is 2.67 bits per heavy atom. The molecule has 0 N–H and O–H groups in total. The molecule has 2 nitrogen and oxygen atoms in total. The zero-order chi connectivity index (χ0) is 13.0. The van der Waals surface area contributed by atoms with Gasteiger partial charge >= 0.3 is 0 Å². The summed E-state index contributed by atoms with van der Waals surface area (Å²) in [6.07, 6.45) is 2.69. The van der Waals surface area contributed by atoms with Crippen LogP contribution in [0.4, 0.5) is 4.39 Å². The van der Waals surface area contributed by atoms with Gasteiger partial charge < -0.3 is 9.47 Å². The average Bonchev–Trinajstić information content (AvgIpc) is 3.14. The lowest BCUT2D eigenvalue weighted by Crippen LogP contribution is -2.10. The van der Waals surface area contributed by atoms with E-state index in [2.05, 4.69) is 6.92 Å². The van der Waals surface area contributed by atoms with Gasteiger partial charge in [0.1, 0.15) is 11.6 Å². The summed E-state index contributed by atoms with van der Waals surface area (Å²) < 4.78 is 23.7. The zero-order valence-electron chi connectivity index (χ0n) is 10.4.